The largest absolute Gasteiger partial charge is 0.366 e. The molecule has 0 radical (unpaired) electrons. The van der Waals surface area contributed by atoms with Crippen molar-refractivity contribution in [2.45, 2.75) is 57.6 Å². The molecule has 0 atom stereocenters. The lowest BCUT2D eigenvalue weighted by molar-refractivity contribution is 0.586. The maximum absolute atomic E-state index is 4.64. The van der Waals surface area contributed by atoms with Gasteiger partial charge in [0.2, 0.25) is 0 Å². The predicted molar refractivity (Wildman–Crippen MR) is 123 cm³/mol. The van der Waals surface area contributed by atoms with Crippen LogP contribution in [0.5, 0.6) is 0 Å². The number of aromatic nitrogens is 2. The summed E-state index contributed by atoms with van der Waals surface area (Å²) in [7, 11) is 0. The third kappa shape index (κ3) is 6.54. The fourth-order valence-electron chi connectivity index (χ4n) is 3.12. The van der Waals surface area contributed by atoms with Crippen LogP contribution >= 0.6 is 23.5 Å². The van der Waals surface area contributed by atoms with Crippen molar-refractivity contribution in [2.75, 3.05) is 24.8 Å². The third-order valence-electron chi connectivity index (χ3n) is 4.61. The number of anilines is 1. The molecule has 1 N–H and O–H groups in total. The number of aliphatic imine (C=N–C) groups is 1. The standard InChI is InChI=1S/C20H29N5S.CH3Cl/c1-4-21-14-20-19(16(2)3)13-23-25(20)15-22-17-7-9-18(10-8-17)26-24-11-5-6-12-24;1-2/h4,7-10,13,16,22H,5-6,11-12,14-15H2,1-3H3;1H3. The average Bonchev–Trinajstić information content (AvgIpc) is 3.37. The molecule has 0 unspecified atom stereocenters. The van der Waals surface area contributed by atoms with E-state index in [1.54, 1.807) is 0 Å². The number of alkyl halides is 1. The van der Waals surface area contributed by atoms with E-state index in [2.05, 4.69) is 69.4 Å². The van der Waals surface area contributed by atoms with Crippen LogP contribution < -0.4 is 5.32 Å². The van der Waals surface area contributed by atoms with E-state index < -0.39 is 0 Å². The highest BCUT2D eigenvalue weighted by Gasteiger charge is 2.14. The second-order valence-electron chi connectivity index (χ2n) is 6.89. The highest BCUT2D eigenvalue weighted by Crippen LogP contribution is 2.27. The van der Waals surface area contributed by atoms with Crippen molar-refractivity contribution in [2.24, 2.45) is 4.99 Å². The smallest absolute Gasteiger partial charge is 0.110 e. The van der Waals surface area contributed by atoms with Gasteiger partial charge in [0.05, 0.1) is 18.4 Å². The molecule has 154 valence electrons. The minimum Gasteiger partial charge on any atom is -0.366 e. The van der Waals surface area contributed by atoms with Crippen molar-refractivity contribution in [3.05, 3.63) is 41.7 Å². The first kappa shape index (κ1) is 22.8. The first-order valence-electron chi connectivity index (χ1n) is 9.81. The Balaban J connectivity index is 0.00000136. The molecular formula is C21H32ClN5S. The number of benzene rings is 1. The zero-order valence-corrected chi connectivity index (χ0v) is 18.9. The number of nitrogens with zero attached hydrogens (tertiary/aromatic N) is 4. The van der Waals surface area contributed by atoms with Crippen molar-refractivity contribution in [1.29, 1.82) is 0 Å². The van der Waals surface area contributed by atoms with Gasteiger partial charge in [-0.3, -0.25) is 4.99 Å². The summed E-state index contributed by atoms with van der Waals surface area (Å²) >= 11 is 6.50. The third-order valence-corrected chi connectivity index (χ3v) is 5.72. The van der Waals surface area contributed by atoms with Gasteiger partial charge in [-0.15, -0.1) is 11.6 Å². The fourth-order valence-corrected chi connectivity index (χ4v) is 4.12. The summed E-state index contributed by atoms with van der Waals surface area (Å²) in [5, 5.41) is 8.04. The van der Waals surface area contributed by atoms with Gasteiger partial charge >= 0.3 is 0 Å². The summed E-state index contributed by atoms with van der Waals surface area (Å²) in [4.78, 5) is 5.71. The van der Waals surface area contributed by atoms with Crippen LogP contribution in [0.4, 0.5) is 5.69 Å². The Morgan fingerprint density at radius 1 is 1.21 bits per heavy atom. The number of halogens is 1. The molecule has 0 bridgehead atoms. The van der Waals surface area contributed by atoms with E-state index >= 15 is 0 Å². The lowest BCUT2D eigenvalue weighted by Gasteiger charge is -2.14. The first-order chi connectivity index (χ1) is 13.7. The molecule has 2 heterocycles. The number of hydrogen-bond donors (Lipinski definition) is 1. The van der Waals surface area contributed by atoms with E-state index in [0.29, 0.717) is 19.1 Å². The van der Waals surface area contributed by atoms with Crippen LogP contribution in [0.2, 0.25) is 0 Å². The molecule has 28 heavy (non-hydrogen) atoms. The quantitative estimate of drug-likeness (QED) is 0.341. The number of rotatable bonds is 8. The molecule has 1 saturated heterocycles. The lowest BCUT2D eigenvalue weighted by atomic mass is 10.0. The Hall–Kier alpha value is -1.50. The number of hydrogen-bond acceptors (Lipinski definition) is 5. The topological polar surface area (TPSA) is 45.5 Å². The van der Waals surface area contributed by atoms with Crippen molar-refractivity contribution < 1.29 is 0 Å². The Morgan fingerprint density at radius 2 is 1.89 bits per heavy atom. The minimum atomic E-state index is 0.452. The molecular weight excluding hydrogens is 390 g/mol. The molecule has 0 spiro atoms. The van der Waals surface area contributed by atoms with Crippen molar-refractivity contribution in [3.63, 3.8) is 0 Å². The average molecular weight is 422 g/mol. The molecule has 0 saturated carbocycles. The second kappa shape index (κ2) is 12.1. The molecule has 3 rings (SSSR count). The maximum atomic E-state index is 4.64. The molecule has 2 aromatic rings. The van der Waals surface area contributed by atoms with Crippen LogP contribution in [0.25, 0.3) is 0 Å². The molecule has 0 amide bonds. The summed E-state index contributed by atoms with van der Waals surface area (Å²) in [6.07, 6.45) is 7.94. The van der Waals surface area contributed by atoms with Crippen LogP contribution in [0.3, 0.4) is 0 Å². The van der Waals surface area contributed by atoms with Gasteiger partial charge in [-0.1, -0.05) is 13.8 Å². The molecule has 5 nitrogen and oxygen atoms in total. The number of nitrogens with one attached hydrogen (secondary N) is 1. The molecule has 7 heteroatoms. The van der Waals surface area contributed by atoms with Gasteiger partial charge in [0.15, 0.2) is 0 Å². The van der Waals surface area contributed by atoms with Gasteiger partial charge < -0.3 is 5.32 Å². The van der Waals surface area contributed by atoms with Crippen molar-refractivity contribution >= 4 is 35.5 Å². The molecule has 1 aliphatic heterocycles. The Kier molecular flexibility index (Phi) is 9.88. The maximum Gasteiger partial charge on any atom is 0.110 e. The van der Waals surface area contributed by atoms with Gasteiger partial charge in [0.1, 0.15) is 6.67 Å². The molecule has 1 aromatic heterocycles. The molecule has 1 fully saturated rings. The van der Waals surface area contributed by atoms with E-state index in [1.165, 1.54) is 48.5 Å². The zero-order chi connectivity index (χ0) is 20.4. The molecule has 0 aliphatic carbocycles. The van der Waals surface area contributed by atoms with Crippen LogP contribution in [0.15, 0.2) is 40.4 Å². The Morgan fingerprint density at radius 3 is 2.50 bits per heavy atom. The highest BCUT2D eigenvalue weighted by molar-refractivity contribution is 7.97. The van der Waals surface area contributed by atoms with E-state index in [-0.39, 0.29) is 0 Å². The normalized spacial score (nSPS) is 14.5. The Bertz CT molecular complexity index is 721. The Labute approximate surface area is 178 Å². The van der Waals surface area contributed by atoms with Crippen LogP contribution in [-0.4, -0.2) is 39.8 Å². The summed E-state index contributed by atoms with van der Waals surface area (Å²) in [5.41, 5.74) is 3.57. The summed E-state index contributed by atoms with van der Waals surface area (Å²) in [6, 6.07) is 8.68. The first-order valence-corrected chi connectivity index (χ1v) is 11.3. The SMILES string of the molecule is CC=NCc1c(C(C)C)cnn1CNc1ccc(SN2CCCC2)cc1.CCl. The highest BCUT2D eigenvalue weighted by atomic mass is 35.5. The predicted octanol–water partition coefficient (Wildman–Crippen LogP) is 5.62. The fraction of sp³-hybridized carbons (Fsp3) is 0.524. The molecule has 1 aliphatic rings. The second-order valence-corrected chi connectivity index (χ2v) is 8.06. The van der Waals surface area contributed by atoms with E-state index in [0.717, 1.165) is 5.69 Å². The van der Waals surface area contributed by atoms with Gasteiger partial charge in [-0.25, -0.2) is 8.99 Å². The van der Waals surface area contributed by atoms with E-state index in [9.17, 15) is 0 Å². The lowest BCUT2D eigenvalue weighted by Crippen LogP contribution is -2.13. The van der Waals surface area contributed by atoms with Crippen molar-refractivity contribution in [1.82, 2.24) is 14.1 Å². The van der Waals surface area contributed by atoms with Crippen LogP contribution in [0, 0.1) is 0 Å². The zero-order valence-electron chi connectivity index (χ0n) is 17.4. The van der Waals surface area contributed by atoms with E-state index in [1.807, 2.05) is 36.0 Å². The van der Waals surface area contributed by atoms with Crippen molar-refractivity contribution in [3.8, 4) is 0 Å². The van der Waals surface area contributed by atoms with Crippen LogP contribution in [-0.2, 0) is 13.2 Å². The van der Waals surface area contributed by atoms with Gasteiger partial charge in [-0.2, -0.15) is 5.10 Å². The summed E-state index contributed by atoms with van der Waals surface area (Å²) in [6.45, 7) is 10.1. The van der Waals surface area contributed by atoms with Gasteiger partial charge in [0, 0.05) is 30.1 Å². The van der Waals surface area contributed by atoms with Gasteiger partial charge in [0.25, 0.3) is 0 Å². The van der Waals surface area contributed by atoms with E-state index in [4.69, 9.17) is 0 Å². The summed E-state index contributed by atoms with van der Waals surface area (Å²) in [5.74, 6) is 0.452. The van der Waals surface area contributed by atoms with Crippen LogP contribution in [0.1, 0.15) is 50.8 Å². The monoisotopic (exact) mass is 421 g/mol. The molecule has 1 aromatic carbocycles. The van der Waals surface area contributed by atoms with Gasteiger partial charge in [-0.05, 0) is 73.7 Å². The minimum absolute atomic E-state index is 0.452. The summed E-state index contributed by atoms with van der Waals surface area (Å²) < 4.78 is 4.47.